The molecule has 4 rings (SSSR count). The van der Waals surface area contributed by atoms with Gasteiger partial charge in [-0.05, 0) is 70.9 Å². The van der Waals surface area contributed by atoms with Crippen molar-refractivity contribution in [2.24, 2.45) is 5.73 Å². The number of aromatic nitrogens is 2. The first-order valence-corrected chi connectivity index (χ1v) is 12.2. The smallest absolute Gasteiger partial charge is 0.270 e. The second-order valence-electron chi connectivity index (χ2n) is 9.90. The average Bonchev–Trinajstić information content (AvgIpc) is 3.24. The number of nitrogens with two attached hydrogens (primary N) is 1. The molecule has 4 N–H and O–H groups in total. The van der Waals surface area contributed by atoms with E-state index in [9.17, 15) is 4.79 Å². The second-order valence-corrected chi connectivity index (χ2v) is 9.90. The van der Waals surface area contributed by atoms with Crippen molar-refractivity contribution >= 4 is 17.0 Å². The molecule has 0 radical (unpaired) electrons. The summed E-state index contributed by atoms with van der Waals surface area (Å²) in [6.45, 7) is 8.38. The lowest BCUT2D eigenvalue weighted by molar-refractivity contribution is 0.0580. The first kappa shape index (κ1) is 22.8. The molecule has 4 atom stereocenters. The average molecular weight is 439 g/mol. The van der Waals surface area contributed by atoms with Gasteiger partial charge in [0.2, 0.25) is 0 Å². The van der Waals surface area contributed by atoms with Crippen molar-refractivity contribution in [2.45, 2.75) is 89.8 Å². The molecule has 174 valence electrons. The highest BCUT2D eigenvalue weighted by molar-refractivity contribution is 5.78. The van der Waals surface area contributed by atoms with Crippen LogP contribution < -0.4 is 11.3 Å². The summed E-state index contributed by atoms with van der Waals surface area (Å²) in [7, 11) is 0. The summed E-state index contributed by atoms with van der Waals surface area (Å²) < 4.78 is 0. The van der Waals surface area contributed by atoms with Crippen LogP contribution in [-0.4, -0.2) is 56.9 Å². The Kier molecular flexibility index (Phi) is 6.84. The lowest BCUT2D eigenvalue weighted by atomic mass is 9.93. The van der Waals surface area contributed by atoms with Gasteiger partial charge in [0, 0.05) is 37.1 Å². The molecule has 2 fully saturated rings. The van der Waals surface area contributed by atoms with Gasteiger partial charge < -0.3 is 15.6 Å². The molecule has 0 spiro atoms. The zero-order valence-corrected chi connectivity index (χ0v) is 19.7. The van der Waals surface area contributed by atoms with E-state index in [4.69, 9.17) is 16.1 Å². The van der Waals surface area contributed by atoms with Crippen LogP contribution in [0.4, 0.5) is 0 Å². The fraction of sp³-hybridized carbons (Fsp3) is 0.640. The lowest BCUT2D eigenvalue weighted by Gasteiger charge is -2.43. The second kappa shape index (κ2) is 9.61. The minimum absolute atomic E-state index is 0.0186. The van der Waals surface area contributed by atoms with Crippen LogP contribution in [0.25, 0.3) is 11.0 Å². The van der Waals surface area contributed by atoms with E-state index in [1.54, 1.807) is 4.90 Å². The van der Waals surface area contributed by atoms with Crippen molar-refractivity contribution in [2.75, 3.05) is 13.1 Å². The van der Waals surface area contributed by atoms with Crippen molar-refractivity contribution in [3.8, 4) is 0 Å². The maximum Gasteiger partial charge on any atom is 0.270 e. The summed E-state index contributed by atoms with van der Waals surface area (Å²) in [6.07, 6.45) is 7.94. The number of likely N-dealkylation sites (tertiary alicyclic amines) is 2. The maximum absolute atomic E-state index is 12.9. The number of H-pyrrole nitrogens is 1. The summed E-state index contributed by atoms with van der Waals surface area (Å²) in [5, 5.41) is 7.63. The van der Waals surface area contributed by atoms with Crippen LogP contribution in [0, 0.1) is 5.41 Å². The fourth-order valence-corrected chi connectivity index (χ4v) is 5.92. The third-order valence-electron chi connectivity index (χ3n) is 7.60. The summed E-state index contributed by atoms with van der Waals surface area (Å²) >= 11 is 0. The number of nitrogens with zero attached hydrogens (tertiary/aromatic N) is 3. The van der Waals surface area contributed by atoms with Crippen molar-refractivity contribution in [3.63, 3.8) is 0 Å². The predicted molar refractivity (Wildman–Crippen MR) is 130 cm³/mol. The molecule has 1 aromatic heterocycles. The Labute approximate surface area is 190 Å². The normalized spacial score (nSPS) is 25.3. The number of benzene rings is 1. The Morgan fingerprint density at radius 3 is 2.72 bits per heavy atom. The number of rotatable bonds is 6. The minimum atomic E-state index is -0.107. The van der Waals surface area contributed by atoms with Gasteiger partial charge in [0.15, 0.2) is 5.96 Å². The Hall–Kier alpha value is -2.41. The van der Waals surface area contributed by atoms with Gasteiger partial charge in [0.05, 0.1) is 11.0 Å². The van der Waals surface area contributed by atoms with E-state index in [0.29, 0.717) is 36.9 Å². The van der Waals surface area contributed by atoms with Gasteiger partial charge >= 0.3 is 0 Å². The summed E-state index contributed by atoms with van der Waals surface area (Å²) in [4.78, 5) is 25.3. The topological polar surface area (TPSA) is 102 Å². The molecule has 1 aromatic carbocycles. The van der Waals surface area contributed by atoms with E-state index < -0.39 is 0 Å². The van der Waals surface area contributed by atoms with E-state index in [1.807, 2.05) is 12.1 Å². The van der Waals surface area contributed by atoms with Gasteiger partial charge in [-0.1, -0.05) is 18.6 Å². The van der Waals surface area contributed by atoms with Gasteiger partial charge in [-0.25, -0.2) is 4.98 Å². The zero-order chi connectivity index (χ0) is 22.8. The minimum Gasteiger partial charge on any atom is -0.370 e. The highest BCUT2D eigenvalue weighted by atomic mass is 16.1. The Bertz CT molecular complexity index is 1010. The molecule has 4 unspecified atom stereocenters. The zero-order valence-electron chi connectivity index (χ0n) is 19.7. The molecular formula is C25H38N6O. The number of fused-ring (bicyclic) bond motifs is 1. The van der Waals surface area contributed by atoms with Gasteiger partial charge in [-0.3, -0.25) is 15.1 Å². The van der Waals surface area contributed by atoms with Crippen LogP contribution in [0.1, 0.15) is 76.5 Å². The number of aryl methyl sites for hydroxylation is 1. The molecule has 7 nitrogen and oxygen atoms in total. The van der Waals surface area contributed by atoms with Gasteiger partial charge in [0.25, 0.3) is 5.56 Å². The van der Waals surface area contributed by atoms with E-state index in [0.717, 1.165) is 36.7 Å². The molecule has 2 aromatic rings. The summed E-state index contributed by atoms with van der Waals surface area (Å²) in [5.74, 6) is 0.0830. The Balaban J connectivity index is 1.45. The van der Waals surface area contributed by atoms with Gasteiger partial charge in [0.1, 0.15) is 5.69 Å². The quantitative estimate of drug-likeness (QED) is 0.473. The molecular weight excluding hydrogens is 400 g/mol. The molecule has 2 aliphatic rings. The molecule has 2 saturated heterocycles. The van der Waals surface area contributed by atoms with Crippen molar-refractivity contribution in [1.29, 1.82) is 5.41 Å². The highest BCUT2D eigenvalue weighted by Gasteiger charge is 2.29. The van der Waals surface area contributed by atoms with Crippen molar-refractivity contribution in [3.05, 3.63) is 39.8 Å². The fourth-order valence-electron chi connectivity index (χ4n) is 5.92. The van der Waals surface area contributed by atoms with Crippen LogP contribution in [-0.2, 0) is 6.42 Å². The van der Waals surface area contributed by atoms with Crippen molar-refractivity contribution < 1.29 is 0 Å². The van der Waals surface area contributed by atoms with Crippen LogP contribution in [0.2, 0.25) is 0 Å². The third-order valence-corrected chi connectivity index (χ3v) is 7.60. The number of hydrogen-bond acceptors (Lipinski definition) is 4. The van der Waals surface area contributed by atoms with Gasteiger partial charge in [-0.2, -0.15) is 0 Å². The van der Waals surface area contributed by atoms with Gasteiger partial charge in [-0.15, -0.1) is 0 Å². The molecule has 0 bridgehead atoms. The molecule has 3 heterocycles. The number of hydrogen-bond donors (Lipinski definition) is 3. The largest absolute Gasteiger partial charge is 0.370 e. The van der Waals surface area contributed by atoms with Crippen molar-refractivity contribution in [1.82, 2.24) is 19.8 Å². The van der Waals surface area contributed by atoms with E-state index in [1.165, 1.54) is 24.8 Å². The van der Waals surface area contributed by atoms with E-state index >= 15 is 0 Å². The molecule has 2 aliphatic heterocycles. The molecule has 0 aliphatic carbocycles. The number of aromatic amines is 1. The Morgan fingerprint density at radius 2 is 2.03 bits per heavy atom. The highest BCUT2D eigenvalue weighted by Crippen LogP contribution is 2.28. The lowest BCUT2D eigenvalue weighted by Crippen LogP contribution is -2.48. The first-order valence-electron chi connectivity index (χ1n) is 12.2. The number of piperidine rings is 1. The maximum atomic E-state index is 12.9. The number of para-hydroxylation sites is 1. The molecule has 0 amide bonds. The van der Waals surface area contributed by atoms with Crippen LogP contribution in [0.15, 0.2) is 23.0 Å². The summed E-state index contributed by atoms with van der Waals surface area (Å²) in [6, 6.07) is 8.05. The molecule has 0 saturated carbocycles. The Morgan fingerprint density at radius 1 is 1.28 bits per heavy atom. The third kappa shape index (κ3) is 4.68. The molecule has 32 heavy (non-hydrogen) atoms. The monoisotopic (exact) mass is 438 g/mol. The number of guanidine groups is 1. The summed E-state index contributed by atoms with van der Waals surface area (Å²) in [5.41, 5.74) is 8.97. The van der Waals surface area contributed by atoms with Crippen LogP contribution in [0.3, 0.4) is 0 Å². The van der Waals surface area contributed by atoms with Crippen LogP contribution in [0.5, 0.6) is 0 Å². The van der Waals surface area contributed by atoms with E-state index in [-0.39, 0.29) is 17.4 Å². The van der Waals surface area contributed by atoms with E-state index in [2.05, 4.69) is 36.7 Å². The predicted octanol–water partition coefficient (Wildman–Crippen LogP) is 3.58. The first-order chi connectivity index (χ1) is 15.3. The SMILES string of the molecule is CC(CCCc1cccc2nc(C3CCN(C(=N)N)C3)c(=O)[nH]c12)N1C(C)CCCC1C. The molecule has 7 heteroatoms. The number of nitrogens with one attached hydrogen (secondary N) is 2. The standard InChI is InChI=1S/C25H38N6O/c1-16-7-4-8-17(2)31(16)18(3)9-5-10-19-11-6-12-21-22(19)29-24(32)23(28-21)20-13-14-30(15-20)25(26)27/h6,11-12,16-18,20H,4-5,7-10,13-15H2,1-3H3,(H3,26,27)(H,29,32). The van der Waals surface area contributed by atoms with Crippen LogP contribution >= 0.6 is 0 Å².